The van der Waals surface area contributed by atoms with Gasteiger partial charge in [0.25, 0.3) is 0 Å². The van der Waals surface area contributed by atoms with Gasteiger partial charge in [-0.15, -0.1) is 0 Å². The Morgan fingerprint density at radius 2 is 1.56 bits per heavy atom. The van der Waals surface area contributed by atoms with Gasteiger partial charge in [0.15, 0.2) is 0 Å². The Kier molecular flexibility index (Phi) is 6.64. The quantitative estimate of drug-likeness (QED) is 0.806. The van der Waals surface area contributed by atoms with Crippen LogP contribution in [0.2, 0.25) is 0 Å². The third-order valence-electron chi connectivity index (χ3n) is 5.29. The van der Waals surface area contributed by atoms with Gasteiger partial charge in [-0.1, -0.05) is 73.9 Å². The van der Waals surface area contributed by atoms with E-state index in [1.165, 1.54) is 12.0 Å². The standard InChI is InChI=1S/C23H28N2O2/c1-17(18-12-14-20(15-13-18)19-8-4-2-5-9-19)25-22(26)16-24-23(27)21-10-6-3-7-11-21/h2,4-5,8-9,12-15,17,21H,3,6-7,10-11,16H2,1H3,(H,24,27)(H,25,26)/t17-/m1/s1. The Labute approximate surface area is 161 Å². The zero-order valence-corrected chi connectivity index (χ0v) is 15.9. The largest absolute Gasteiger partial charge is 0.348 e. The lowest BCUT2D eigenvalue weighted by atomic mass is 9.89. The molecule has 1 atom stereocenters. The van der Waals surface area contributed by atoms with Gasteiger partial charge in [-0.25, -0.2) is 0 Å². The number of rotatable bonds is 6. The molecule has 0 aliphatic heterocycles. The molecule has 4 nitrogen and oxygen atoms in total. The van der Waals surface area contributed by atoms with Crippen LogP contribution in [0, 0.1) is 5.92 Å². The van der Waals surface area contributed by atoms with E-state index in [0.717, 1.165) is 36.8 Å². The van der Waals surface area contributed by atoms with Crippen LogP contribution in [-0.4, -0.2) is 18.4 Å². The molecule has 1 aliphatic rings. The van der Waals surface area contributed by atoms with Gasteiger partial charge in [0.05, 0.1) is 12.6 Å². The number of carbonyl (C=O) groups excluding carboxylic acids is 2. The SMILES string of the molecule is C[C@@H](NC(=O)CNC(=O)C1CCCCC1)c1ccc(-c2ccccc2)cc1. The number of nitrogens with one attached hydrogen (secondary N) is 2. The number of carbonyl (C=O) groups is 2. The summed E-state index contributed by atoms with van der Waals surface area (Å²) in [5.74, 6) is -0.0574. The fourth-order valence-electron chi connectivity index (χ4n) is 3.65. The van der Waals surface area contributed by atoms with Crippen molar-refractivity contribution in [2.75, 3.05) is 6.54 Å². The first-order valence-corrected chi connectivity index (χ1v) is 9.86. The predicted molar refractivity (Wildman–Crippen MR) is 108 cm³/mol. The third kappa shape index (κ3) is 5.43. The van der Waals surface area contributed by atoms with E-state index in [2.05, 4.69) is 34.9 Å². The van der Waals surface area contributed by atoms with E-state index in [4.69, 9.17) is 0 Å². The number of benzene rings is 2. The van der Waals surface area contributed by atoms with Crippen LogP contribution in [0.15, 0.2) is 54.6 Å². The second kappa shape index (κ2) is 9.36. The van der Waals surface area contributed by atoms with Gasteiger partial charge in [0.1, 0.15) is 0 Å². The summed E-state index contributed by atoms with van der Waals surface area (Å²) < 4.78 is 0. The summed E-state index contributed by atoms with van der Waals surface area (Å²) in [5, 5.41) is 5.75. The summed E-state index contributed by atoms with van der Waals surface area (Å²) in [4.78, 5) is 24.3. The van der Waals surface area contributed by atoms with Crippen molar-refractivity contribution >= 4 is 11.8 Å². The first kappa shape index (κ1) is 19.2. The molecule has 2 N–H and O–H groups in total. The fraction of sp³-hybridized carbons (Fsp3) is 0.391. The summed E-state index contributed by atoms with van der Waals surface area (Å²) in [5.41, 5.74) is 3.37. The first-order chi connectivity index (χ1) is 13.1. The lowest BCUT2D eigenvalue weighted by Gasteiger charge is -2.21. The molecule has 0 saturated heterocycles. The van der Waals surface area contributed by atoms with Crippen molar-refractivity contribution in [3.63, 3.8) is 0 Å². The molecule has 1 aliphatic carbocycles. The third-order valence-corrected chi connectivity index (χ3v) is 5.29. The topological polar surface area (TPSA) is 58.2 Å². The molecular weight excluding hydrogens is 336 g/mol. The molecule has 0 radical (unpaired) electrons. The first-order valence-electron chi connectivity index (χ1n) is 9.86. The molecule has 2 aromatic carbocycles. The molecule has 0 unspecified atom stereocenters. The lowest BCUT2D eigenvalue weighted by molar-refractivity contribution is -0.129. The highest BCUT2D eigenvalue weighted by molar-refractivity contribution is 5.86. The normalized spacial score (nSPS) is 15.7. The summed E-state index contributed by atoms with van der Waals surface area (Å²) in [6.45, 7) is 2.00. The van der Waals surface area contributed by atoms with Crippen molar-refractivity contribution in [2.45, 2.75) is 45.1 Å². The maximum absolute atomic E-state index is 12.2. The molecule has 3 rings (SSSR count). The summed E-state index contributed by atoms with van der Waals surface area (Å²) in [7, 11) is 0. The Balaban J connectivity index is 1.48. The van der Waals surface area contributed by atoms with Crippen LogP contribution in [0.5, 0.6) is 0 Å². The van der Waals surface area contributed by atoms with Gasteiger partial charge in [-0.3, -0.25) is 9.59 Å². The number of amides is 2. The molecule has 0 heterocycles. The van der Waals surface area contributed by atoms with Gasteiger partial charge in [-0.05, 0) is 36.5 Å². The molecule has 142 valence electrons. The second-order valence-corrected chi connectivity index (χ2v) is 7.33. The van der Waals surface area contributed by atoms with E-state index in [0.29, 0.717) is 0 Å². The highest BCUT2D eigenvalue weighted by Crippen LogP contribution is 2.24. The van der Waals surface area contributed by atoms with Crippen molar-refractivity contribution in [1.29, 1.82) is 0 Å². The highest BCUT2D eigenvalue weighted by Gasteiger charge is 2.21. The summed E-state index contributed by atoms with van der Waals surface area (Å²) in [6, 6.07) is 18.3. The molecule has 27 heavy (non-hydrogen) atoms. The van der Waals surface area contributed by atoms with E-state index in [1.807, 2.05) is 37.3 Å². The molecule has 4 heteroatoms. The lowest BCUT2D eigenvalue weighted by Crippen LogP contribution is -2.40. The maximum Gasteiger partial charge on any atom is 0.239 e. The van der Waals surface area contributed by atoms with Crippen molar-refractivity contribution in [3.8, 4) is 11.1 Å². The van der Waals surface area contributed by atoms with Gasteiger partial charge in [0, 0.05) is 5.92 Å². The van der Waals surface area contributed by atoms with Crippen molar-refractivity contribution in [2.24, 2.45) is 5.92 Å². The Morgan fingerprint density at radius 3 is 2.22 bits per heavy atom. The van der Waals surface area contributed by atoms with Gasteiger partial charge < -0.3 is 10.6 Å². The summed E-state index contributed by atoms with van der Waals surface area (Å²) in [6.07, 6.45) is 5.32. The van der Waals surface area contributed by atoms with E-state index >= 15 is 0 Å². The van der Waals surface area contributed by atoms with Gasteiger partial charge in [-0.2, -0.15) is 0 Å². The average molecular weight is 364 g/mol. The van der Waals surface area contributed by atoms with Crippen LogP contribution in [-0.2, 0) is 9.59 Å². The van der Waals surface area contributed by atoms with Gasteiger partial charge >= 0.3 is 0 Å². The Bertz CT molecular complexity index is 750. The Hall–Kier alpha value is -2.62. The zero-order chi connectivity index (χ0) is 19.1. The minimum absolute atomic E-state index is 0.0183. The highest BCUT2D eigenvalue weighted by atomic mass is 16.2. The molecule has 0 spiro atoms. The minimum Gasteiger partial charge on any atom is -0.348 e. The summed E-state index contributed by atoms with van der Waals surface area (Å²) >= 11 is 0. The average Bonchev–Trinajstić information content (AvgIpc) is 2.73. The smallest absolute Gasteiger partial charge is 0.239 e. The van der Waals surface area contributed by atoms with Crippen LogP contribution in [0.25, 0.3) is 11.1 Å². The molecule has 1 saturated carbocycles. The maximum atomic E-state index is 12.2. The second-order valence-electron chi connectivity index (χ2n) is 7.33. The zero-order valence-electron chi connectivity index (χ0n) is 15.9. The molecular formula is C23H28N2O2. The van der Waals surface area contributed by atoms with E-state index in [-0.39, 0.29) is 30.3 Å². The van der Waals surface area contributed by atoms with Crippen LogP contribution in [0.3, 0.4) is 0 Å². The van der Waals surface area contributed by atoms with Gasteiger partial charge in [0.2, 0.25) is 11.8 Å². The predicted octanol–water partition coefficient (Wildman–Crippen LogP) is 4.23. The van der Waals surface area contributed by atoms with Crippen LogP contribution < -0.4 is 10.6 Å². The van der Waals surface area contributed by atoms with Crippen LogP contribution >= 0.6 is 0 Å². The molecule has 1 fully saturated rings. The molecule has 0 aromatic heterocycles. The molecule has 2 aromatic rings. The monoisotopic (exact) mass is 364 g/mol. The molecule has 0 bridgehead atoms. The van der Waals surface area contributed by atoms with E-state index < -0.39 is 0 Å². The number of hydrogen-bond donors (Lipinski definition) is 2. The van der Waals surface area contributed by atoms with E-state index in [9.17, 15) is 9.59 Å². The Morgan fingerprint density at radius 1 is 0.926 bits per heavy atom. The van der Waals surface area contributed by atoms with Crippen LogP contribution in [0.4, 0.5) is 0 Å². The minimum atomic E-state index is -0.154. The van der Waals surface area contributed by atoms with Crippen molar-refractivity contribution < 1.29 is 9.59 Å². The molecule has 2 amide bonds. The van der Waals surface area contributed by atoms with Crippen molar-refractivity contribution in [3.05, 3.63) is 60.2 Å². The van der Waals surface area contributed by atoms with Crippen molar-refractivity contribution in [1.82, 2.24) is 10.6 Å². The van der Waals surface area contributed by atoms with Crippen LogP contribution in [0.1, 0.15) is 50.6 Å². The fourth-order valence-corrected chi connectivity index (χ4v) is 3.65. The number of hydrogen-bond acceptors (Lipinski definition) is 2. The van der Waals surface area contributed by atoms with E-state index in [1.54, 1.807) is 0 Å².